The lowest BCUT2D eigenvalue weighted by molar-refractivity contribution is 0.192. The normalized spacial score (nSPS) is 18.2. The molecule has 2 amide bonds. The second-order valence-corrected chi connectivity index (χ2v) is 7.99. The zero-order valence-electron chi connectivity index (χ0n) is 17.1. The highest BCUT2D eigenvalue weighted by Gasteiger charge is 2.31. The number of carbonyl (C=O) groups is 1. The van der Waals surface area contributed by atoms with Gasteiger partial charge in [-0.3, -0.25) is 4.57 Å². The van der Waals surface area contributed by atoms with Crippen molar-refractivity contribution in [2.75, 3.05) is 25.5 Å². The monoisotopic (exact) mass is 399 g/mol. The van der Waals surface area contributed by atoms with Crippen molar-refractivity contribution in [2.24, 2.45) is 7.05 Å². The molecule has 8 nitrogen and oxygen atoms in total. The molecule has 2 heterocycles. The summed E-state index contributed by atoms with van der Waals surface area (Å²) < 4.78 is 8.55. The maximum atomic E-state index is 12.6. The first-order valence-corrected chi connectivity index (χ1v) is 10.4. The van der Waals surface area contributed by atoms with Gasteiger partial charge in [0.15, 0.2) is 0 Å². The molecule has 1 N–H and O–H groups in total. The minimum absolute atomic E-state index is 0.00780. The molecule has 1 aliphatic heterocycles. The summed E-state index contributed by atoms with van der Waals surface area (Å²) in [5.74, 6) is 1.88. The molecule has 156 valence electrons. The highest BCUT2D eigenvalue weighted by atomic mass is 16.5. The number of carbonyl (C=O) groups excluding carboxylic acids is 1. The Balaban J connectivity index is 1.40. The van der Waals surface area contributed by atoms with Crippen LogP contribution in [0.4, 0.5) is 10.5 Å². The predicted octanol–water partition coefficient (Wildman–Crippen LogP) is 3.12. The van der Waals surface area contributed by atoms with E-state index in [-0.39, 0.29) is 23.7 Å². The molecule has 8 heteroatoms. The molecule has 1 aromatic heterocycles. The van der Waals surface area contributed by atoms with E-state index in [0.29, 0.717) is 13.1 Å². The van der Waals surface area contributed by atoms with Gasteiger partial charge in [0.05, 0.1) is 7.11 Å². The van der Waals surface area contributed by atoms with E-state index < -0.39 is 0 Å². The van der Waals surface area contributed by atoms with E-state index in [1.165, 1.54) is 17.5 Å². The second-order valence-electron chi connectivity index (χ2n) is 7.99. The fourth-order valence-corrected chi connectivity index (χ4v) is 4.50. The zero-order valence-corrected chi connectivity index (χ0v) is 17.1. The van der Waals surface area contributed by atoms with Crippen LogP contribution in [-0.2, 0) is 7.05 Å². The van der Waals surface area contributed by atoms with Gasteiger partial charge in [0.25, 0.3) is 0 Å². The number of rotatable bonds is 4. The van der Waals surface area contributed by atoms with Crippen molar-refractivity contribution in [3.05, 3.63) is 40.6 Å². The topological polar surface area (TPSA) is 81.4 Å². The van der Waals surface area contributed by atoms with Gasteiger partial charge in [-0.1, -0.05) is 12.8 Å². The fourth-order valence-electron chi connectivity index (χ4n) is 4.50. The number of methoxy groups -OCH3 is 1. The van der Waals surface area contributed by atoms with Gasteiger partial charge in [0, 0.05) is 37.8 Å². The number of urea groups is 1. The smallest absolute Gasteiger partial charge is 0.345 e. The van der Waals surface area contributed by atoms with Crippen LogP contribution in [0.5, 0.6) is 5.75 Å². The summed E-state index contributed by atoms with van der Waals surface area (Å²) in [5, 5.41) is 7.51. The number of anilines is 1. The van der Waals surface area contributed by atoms with Crippen LogP contribution >= 0.6 is 0 Å². The number of hydrogen-bond donors (Lipinski definition) is 1. The van der Waals surface area contributed by atoms with Gasteiger partial charge in [-0.25, -0.2) is 14.3 Å². The molecule has 4 rings (SSSR count). The Labute approximate surface area is 170 Å². The van der Waals surface area contributed by atoms with Gasteiger partial charge in [-0.05, 0) is 49.9 Å². The van der Waals surface area contributed by atoms with Gasteiger partial charge in [0.2, 0.25) is 0 Å². The van der Waals surface area contributed by atoms with Crippen molar-refractivity contribution in [3.8, 4) is 5.75 Å². The molecule has 0 unspecified atom stereocenters. The third-order valence-electron chi connectivity index (χ3n) is 6.16. The van der Waals surface area contributed by atoms with Gasteiger partial charge < -0.3 is 15.0 Å². The SMILES string of the molecule is COc1ccc(NC(=O)N2CCC(c3nn(C)c(=O)n3C3CCCC3)CC2)cc1. The number of benzene rings is 1. The van der Waals surface area contributed by atoms with Gasteiger partial charge in [0.1, 0.15) is 11.6 Å². The molecule has 2 aliphatic rings. The molecular weight excluding hydrogens is 370 g/mol. The molecule has 2 aromatic rings. The Kier molecular flexibility index (Phi) is 5.60. The van der Waals surface area contributed by atoms with Crippen molar-refractivity contribution < 1.29 is 9.53 Å². The fraction of sp³-hybridized carbons (Fsp3) is 0.571. The van der Waals surface area contributed by atoms with Crippen LogP contribution in [0.25, 0.3) is 0 Å². The third-order valence-corrected chi connectivity index (χ3v) is 6.16. The summed E-state index contributed by atoms with van der Waals surface area (Å²) in [6, 6.07) is 7.50. The number of aryl methyl sites for hydroxylation is 1. The largest absolute Gasteiger partial charge is 0.497 e. The Morgan fingerprint density at radius 1 is 1.10 bits per heavy atom. The summed E-state index contributed by atoms with van der Waals surface area (Å²) in [6.07, 6.45) is 6.10. The van der Waals surface area contributed by atoms with E-state index in [2.05, 4.69) is 10.4 Å². The van der Waals surface area contributed by atoms with Gasteiger partial charge in [-0.2, -0.15) is 5.10 Å². The quantitative estimate of drug-likeness (QED) is 0.856. The van der Waals surface area contributed by atoms with Crippen LogP contribution in [0.3, 0.4) is 0 Å². The number of amides is 2. The van der Waals surface area contributed by atoms with Gasteiger partial charge >= 0.3 is 11.7 Å². The molecule has 0 spiro atoms. The maximum absolute atomic E-state index is 12.6. The van der Waals surface area contributed by atoms with Crippen LogP contribution < -0.4 is 15.7 Å². The molecule has 1 saturated carbocycles. The number of nitrogens with zero attached hydrogens (tertiary/aromatic N) is 4. The first-order chi connectivity index (χ1) is 14.1. The molecule has 1 aromatic carbocycles. The third kappa shape index (κ3) is 4.02. The number of ether oxygens (including phenoxy) is 1. The lowest BCUT2D eigenvalue weighted by atomic mass is 9.95. The number of hydrogen-bond acceptors (Lipinski definition) is 4. The van der Waals surface area contributed by atoms with Crippen molar-refractivity contribution in [1.82, 2.24) is 19.2 Å². The summed E-state index contributed by atoms with van der Waals surface area (Å²) in [4.78, 5) is 27.1. The second kappa shape index (κ2) is 8.31. The van der Waals surface area contributed by atoms with Crippen LogP contribution in [0.15, 0.2) is 29.1 Å². The van der Waals surface area contributed by atoms with Crippen molar-refractivity contribution in [3.63, 3.8) is 0 Å². The Bertz CT molecular complexity index is 903. The minimum Gasteiger partial charge on any atom is -0.497 e. The Morgan fingerprint density at radius 3 is 2.38 bits per heavy atom. The van der Waals surface area contributed by atoms with E-state index in [4.69, 9.17) is 4.74 Å². The molecule has 29 heavy (non-hydrogen) atoms. The zero-order chi connectivity index (χ0) is 20.4. The lowest BCUT2D eigenvalue weighted by Gasteiger charge is -2.32. The average Bonchev–Trinajstić information content (AvgIpc) is 3.37. The van der Waals surface area contributed by atoms with Crippen LogP contribution in [0.1, 0.15) is 56.3 Å². The molecule has 0 radical (unpaired) electrons. The molecule has 0 bridgehead atoms. The highest BCUT2D eigenvalue weighted by molar-refractivity contribution is 5.89. The van der Waals surface area contributed by atoms with Crippen molar-refractivity contribution in [2.45, 2.75) is 50.5 Å². The van der Waals surface area contributed by atoms with Crippen LogP contribution in [-0.4, -0.2) is 45.5 Å². The Hall–Kier alpha value is -2.77. The minimum atomic E-state index is -0.0946. The molecule has 1 aliphatic carbocycles. The van der Waals surface area contributed by atoms with E-state index >= 15 is 0 Å². The molecule has 2 fully saturated rings. The maximum Gasteiger partial charge on any atom is 0.345 e. The van der Waals surface area contributed by atoms with Crippen LogP contribution in [0, 0.1) is 0 Å². The Morgan fingerprint density at radius 2 is 1.76 bits per heavy atom. The van der Waals surface area contributed by atoms with E-state index in [1.54, 1.807) is 14.2 Å². The molecule has 1 saturated heterocycles. The number of likely N-dealkylation sites (tertiary alicyclic amines) is 1. The van der Waals surface area contributed by atoms with Crippen molar-refractivity contribution in [1.29, 1.82) is 0 Å². The summed E-state index contributed by atoms with van der Waals surface area (Å²) >= 11 is 0. The summed E-state index contributed by atoms with van der Waals surface area (Å²) in [5.41, 5.74) is 0.740. The van der Waals surface area contributed by atoms with E-state index in [1.807, 2.05) is 33.7 Å². The summed E-state index contributed by atoms with van der Waals surface area (Å²) in [7, 11) is 3.35. The van der Waals surface area contributed by atoms with Crippen LogP contribution in [0.2, 0.25) is 0 Å². The number of aromatic nitrogens is 3. The lowest BCUT2D eigenvalue weighted by Crippen LogP contribution is -2.41. The standard InChI is InChI=1S/C21H29N5O3/c1-24-21(28)26(17-5-3-4-6-17)19(23-24)15-11-13-25(14-12-15)20(27)22-16-7-9-18(29-2)10-8-16/h7-10,15,17H,3-6,11-14H2,1-2H3,(H,22,27). The molecular formula is C21H29N5O3. The van der Waals surface area contributed by atoms with Crippen molar-refractivity contribution >= 4 is 11.7 Å². The highest BCUT2D eigenvalue weighted by Crippen LogP contribution is 2.33. The van der Waals surface area contributed by atoms with Gasteiger partial charge in [-0.15, -0.1) is 0 Å². The first-order valence-electron chi connectivity index (χ1n) is 10.4. The van der Waals surface area contributed by atoms with E-state index in [0.717, 1.165) is 42.9 Å². The predicted molar refractivity (Wildman–Crippen MR) is 111 cm³/mol. The van der Waals surface area contributed by atoms with E-state index in [9.17, 15) is 9.59 Å². The first kappa shape index (κ1) is 19.5. The number of piperidine rings is 1. The number of nitrogens with one attached hydrogen (secondary N) is 1. The average molecular weight is 399 g/mol. The summed E-state index contributed by atoms with van der Waals surface area (Å²) in [6.45, 7) is 1.31. The molecule has 0 atom stereocenters.